The molecule has 0 spiro atoms. The normalized spacial score (nSPS) is 21.2. The molecule has 1 aromatic rings. The van der Waals surface area contributed by atoms with Gasteiger partial charge in [0.25, 0.3) is 0 Å². The summed E-state index contributed by atoms with van der Waals surface area (Å²) in [7, 11) is 0. The molecule has 1 fully saturated rings. The number of nitrogens with zero attached hydrogens (tertiary/aromatic N) is 2. The van der Waals surface area contributed by atoms with Crippen molar-refractivity contribution < 1.29 is 9.84 Å². The topological polar surface area (TPSA) is 93.3 Å². The summed E-state index contributed by atoms with van der Waals surface area (Å²) in [6, 6.07) is 0.251. The minimum atomic E-state index is 0.0566. The highest BCUT2D eigenvalue weighted by Gasteiger charge is 2.26. The van der Waals surface area contributed by atoms with Crippen LogP contribution in [0.3, 0.4) is 0 Å². The van der Waals surface area contributed by atoms with E-state index in [1.54, 1.807) is 11.8 Å². The summed E-state index contributed by atoms with van der Waals surface area (Å²) in [5.41, 5.74) is 6.37. The van der Waals surface area contributed by atoms with Crippen LogP contribution in [0, 0.1) is 0 Å². The third-order valence-electron chi connectivity index (χ3n) is 3.48. The van der Waals surface area contributed by atoms with Crippen LogP contribution >= 0.6 is 23.4 Å². The third-order valence-corrected chi connectivity index (χ3v) is 4.83. The first-order chi connectivity index (χ1) is 10.6. The number of thioether (sulfide) groups is 1. The molecule has 1 aromatic heterocycles. The molecule has 0 saturated heterocycles. The van der Waals surface area contributed by atoms with E-state index in [9.17, 15) is 0 Å². The van der Waals surface area contributed by atoms with Crippen LogP contribution in [-0.2, 0) is 4.74 Å². The summed E-state index contributed by atoms with van der Waals surface area (Å²) in [5, 5.41) is 13.1. The Morgan fingerprint density at radius 1 is 1.45 bits per heavy atom. The SMILES string of the molecule is CCCSc1nc(Cl)c(N)c(N[C@H]2CC[C@@H](OCCO)C2)n1. The Labute approximate surface area is 140 Å². The molecule has 1 aliphatic rings. The van der Waals surface area contributed by atoms with Gasteiger partial charge in [-0.3, -0.25) is 0 Å². The predicted molar refractivity (Wildman–Crippen MR) is 90.6 cm³/mol. The van der Waals surface area contributed by atoms with E-state index in [0.29, 0.717) is 28.4 Å². The maximum atomic E-state index is 8.80. The summed E-state index contributed by atoms with van der Waals surface area (Å²) < 4.78 is 5.57. The second kappa shape index (κ2) is 8.76. The molecular weight excluding hydrogens is 324 g/mol. The lowest BCUT2D eigenvalue weighted by Gasteiger charge is -2.16. The molecule has 4 N–H and O–H groups in total. The van der Waals surface area contributed by atoms with E-state index in [-0.39, 0.29) is 18.8 Å². The second-order valence-corrected chi connectivity index (χ2v) is 6.70. The monoisotopic (exact) mass is 346 g/mol. The molecule has 6 nitrogen and oxygen atoms in total. The molecule has 8 heteroatoms. The molecule has 2 atom stereocenters. The van der Waals surface area contributed by atoms with Crippen molar-refractivity contribution in [2.45, 2.75) is 49.9 Å². The second-order valence-electron chi connectivity index (χ2n) is 5.28. The van der Waals surface area contributed by atoms with Gasteiger partial charge < -0.3 is 20.9 Å². The smallest absolute Gasteiger partial charge is 0.191 e. The number of nitrogens with one attached hydrogen (secondary N) is 1. The number of ether oxygens (including phenoxy) is 1. The molecule has 0 unspecified atom stereocenters. The molecule has 22 heavy (non-hydrogen) atoms. The van der Waals surface area contributed by atoms with Gasteiger partial charge in [0, 0.05) is 11.8 Å². The van der Waals surface area contributed by atoms with Crippen LogP contribution in [0.1, 0.15) is 32.6 Å². The number of nitrogen functional groups attached to an aromatic ring is 1. The van der Waals surface area contributed by atoms with Gasteiger partial charge in [0.1, 0.15) is 5.69 Å². The fourth-order valence-electron chi connectivity index (χ4n) is 2.43. The van der Waals surface area contributed by atoms with Gasteiger partial charge in [-0.05, 0) is 25.7 Å². The Hall–Kier alpha value is -0.760. The fraction of sp³-hybridized carbons (Fsp3) is 0.714. The number of aliphatic hydroxyl groups excluding tert-OH is 1. The number of nitrogens with two attached hydrogens (primary N) is 1. The number of aromatic nitrogens is 2. The van der Waals surface area contributed by atoms with Crippen molar-refractivity contribution in [2.75, 3.05) is 30.0 Å². The van der Waals surface area contributed by atoms with Crippen molar-refractivity contribution >= 4 is 34.9 Å². The lowest BCUT2D eigenvalue weighted by atomic mass is 10.2. The minimum Gasteiger partial charge on any atom is -0.394 e. The van der Waals surface area contributed by atoms with Crippen LogP contribution in [0.2, 0.25) is 5.15 Å². The first-order valence-electron chi connectivity index (χ1n) is 7.58. The van der Waals surface area contributed by atoms with Crippen LogP contribution in [-0.4, -0.2) is 46.2 Å². The van der Waals surface area contributed by atoms with Gasteiger partial charge in [0.05, 0.1) is 19.3 Å². The number of aliphatic hydroxyl groups is 1. The van der Waals surface area contributed by atoms with Crippen LogP contribution in [0.25, 0.3) is 0 Å². The molecule has 1 saturated carbocycles. The summed E-state index contributed by atoms with van der Waals surface area (Å²) in [5.74, 6) is 1.55. The summed E-state index contributed by atoms with van der Waals surface area (Å²) in [6.45, 7) is 2.55. The largest absolute Gasteiger partial charge is 0.394 e. The number of halogens is 1. The van der Waals surface area contributed by atoms with E-state index >= 15 is 0 Å². The highest BCUT2D eigenvalue weighted by molar-refractivity contribution is 7.99. The molecule has 0 radical (unpaired) electrons. The van der Waals surface area contributed by atoms with Crippen molar-refractivity contribution in [1.82, 2.24) is 9.97 Å². The molecule has 2 rings (SSSR count). The lowest BCUT2D eigenvalue weighted by molar-refractivity contribution is 0.0326. The van der Waals surface area contributed by atoms with Crippen LogP contribution in [0.5, 0.6) is 0 Å². The van der Waals surface area contributed by atoms with Gasteiger partial charge in [-0.15, -0.1) is 0 Å². The van der Waals surface area contributed by atoms with Crippen molar-refractivity contribution in [2.24, 2.45) is 0 Å². The molecule has 1 aliphatic carbocycles. The first kappa shape index (κ1) is 17.6. The molecule has 0 aliphatic heterocycles. The van der Waals surface area contributed by atoms with Crippen molar-refractivity contribution in [3.8, 4) is 0 Å². The van der Waals surface area contributed by atoms with Gasteiger partial charge >= 0.3 is 0 Å². The third kappa shape index (κ3) is 4.87. The minimum absolute atomic E-state index is 0.0566. The van der Waals surface area contributed by atoms with Gasteiger partial charge in [-0.1, -0.05) is 30.3 Å². The predicted octanol–water partition coefficient (Wildman–Crippen LogP) is 2.56. The van der Waals surface area contributed by atoms with E-state index in [4.69, 9.17) is 27.2 Å². The molecule has 124 valence electrons. The standard InChI is InChI=1S/C14H23ClN4O2S/c1-2-7-22-14-18-12(15)11(16)13(19-14)17-9-3-4-10(8-9)21-6-5-20/h9-10,20H,2-8,16H2,1H3,(H,17,18,19)/t9-,10+/m0/s1. The molecular formula is C14H23ClN4O2S. The highest BCUT2D eigenvalue weighted by atomic mass is 35.5. The van der Waals surface area contributed by atoms with E-state index in [1.165, 1.54) is 0 Å². The maximum absolute atomic E-state index is 8.80. The van der Waals surface area contributed by atoms with Crippen molar-refractivity contribution in [3.63, 3.8) is 0 Å². The molecule has 0 aromatic carbocycles. The molecule has 0 bridgehead atoms. The Kier molecular flexibility index (Phi) is 7.01. The van der Waals surface area contributed by atoms with E-state index in [1.807, 2.05) is 0 Å². The Bertz CT molecular complexity index is 492. The molecule has 0 amide bonds. The number of hydrogen-bond donors (Lipinski definition) is 3. The van der Waals surface area contributed by atoms with Gasteiger partial charge in [-0.25, -0.2) is 9.97 Å². The van der Waals surface area contributed by atoms with Crippen LogP contribution < -0.4 is 11.1 Å². The quantitative estimate of drug-likeness (QED) is 0.378. The summed E-state index contributed by atoms with van der Waals surface area (Å²) in [6.07, 6.45) is 4.05. The lowest BCUT2D eigenvalue weighted by Crippen LogP contribution is -2.20. The van der Waals surface area contributed by atoms with Gasteiger partial charge in [0.2, 0.25) is 0 Å². The number of rotatable bonds is 8. The van der Waals surface area contributed by atoms with Gasteiger partial charge in [0.15, 0.2) is 16.1 Å². The highest BCUT2D eigenvalue weighted by Crippen LogP contribution is 2.31. The van der Waals surface area contributed by atoms with E-state index in [2.05, 4.69) is 22.2 Å². The van der Waals surface area contributed by atoms with Crippen LogP contribution in [0.4, 0.5) is 11.5 Å². The Morgan fingerprint density at radius 2 is 2.27 bits per heavy atom. The number of hydrogen-bond acceptors (Lipinski definition) is 7. The average Bonchev–Trinajstić information content (AvgIpc) is 2.95. The zero-order valence-corrected chi connectivity index (χ0v) is 14.3. The molecule has 1 heterocycles. The fourth-order valence-corrected chi connectivity index (χ4v) is 3.34. The van der Waals surface area contributed by atoms with Crippen molar-refractivity contribution in [1.29, 1.82) is 0 Å². The average molecular weight is 347 g/mol. The summed E-state index contributed by atoms with van der Waals surface area (Å²) >= 11 is 7.67. The van der Waals surface area contributed by atoms with Gasteiger partial charge in [-0.2, -0.15) is 0 Å². The number of anilines is 2. The van der Waals surface area contributed by atoms with Crippen LogP contribution in [0.15, 0.2) is 5.16 Å². The van der Waals surface area contributed by atoms with Crippen molar-refractivity contribution in [3.05, 3.63) is 5.15 Å². The Balaban J connectivity index is 1.98. The zero-order chi connectivity index (χ0) is 15.9. The van der Waals surface area contributed by atoms with E-state index in [0.717, 1.165) is 31.4 Å². The first-order valence-corrected chi connectivity index (χ1v) is 8.95. The zero-order valence-electron chi connectivity index (χ0n) is 12.7. The van der Waals surface area contributed by atoms with E-state index < -0.39 is 0 Å². The summed E-state index contributed by atoms with van der Waals surface area (Å²) in [4.78, 5) is 8.67. The Morgan fingerprint density at radius 3 is 3.00 bits per heavy atom. The maximum Gasteiger partial charge on any atom is 0.191 e.